The molecule has 1 saturated heterocycles. The smallest absolute Gasteiger partial charge is 0.382 e. The van der Waals surface area contributed by atoms with Gasteiger partial charge in [0.25, 0.3) is 0 Å². The number of hydrogen-bond donors (Lipinski definition) is 3. The molecule has 13 heteroatoms. The molecule has 1 aliphatic rings. The number of nitrogens with one attached hydrogen (secondary N) is 2. The van der Waals surface area contributed by atoms with Crippen LogP contribution in [0.15, 0.2) is 0 Å². The molecule has 0 aromatic rings. The maximum Gasteiger partial charge on any atom is 0.471 e. The Kier molecular flexibility index (Phi) is 8.75. The highest BCUT2D eigenvalue weighted by molar-refractivity contribution is 5.93. The zero-order valence-corrected chi connectivity index (χ0v) is 17.5. The Morgan fingerprint density at radius 1 is 0.968 bits per heavy atom. The Hall–Kier alpha value is -2.05. The molecule has 2 unspecified atom stereocenters. The second-order valence-corrected chi connectivity index (χ2v) is 8.15. The van der Waals surface area contributed by atoms with Crippen LogP contribution in [0.5, 0.6) is 0 Å². The second-order valence-electron chi connectivity index (χ2n) is 8.15. The first-order valence-corrected chi connectivity index (χ1v) is 9.71. The number of rotatable bonds is 7. The average Bonchev–Trinajstić information content (AvgIpc) is 3.10. The van der Waals surface area contributed by atoms with Crippen LogP contribution in [0.25, 0.3) is 0 Å². The predicted molar refractivity (Wildman–Crippen MR) is 96.4 cm³/mol. The molecule has 0 aromatic heterocycles. The standard InChI is InChI=1S/C18H27F6N3O4/c1-8(2)11(13(28)17(19,20)21)25-14(29)10-6-5-7-27(10)15(30)12(9(3)4)26-16(31)18(22,23)24/h8-13,28H,5-7H2,1-4H3,(H,25,29)(H,26,31)/t10-,11?,12-,13?/m0/s1. The molecule has 3 N–H and O–H groups in total. The number of nitrogens with zero attached hydrogens (tertiary/aromatic N) is 1. The molecule has 4 atom stereocenters. The predicted octanol–water partition coefficient (Wildman–Crippen LogP) is 1.74. The van der Waals surface area contributed by atoms with Crippen molar-refractivity contribution < 1.29 is 45.8 Å². The van der Waals surface area contributed by atoms with E-state index in [0.29, 0.717) is 0 Å². The molecule has 180 valence electrons. The van der Waals surface area contributed by atoms with Gasteiger partial charge >= 0.3 is 18.3 Å². The van der Waals surface area contributed by atoms with Gasteiger partial charge < -0.3 is 20.6 Å². The number of hydrogen-bond acceptors (Lipinski definition) is 4. The Balaban J connectivity index is 3.02. The van der Waals surface area contributed by atoms with E-state index in [-0.39, 0.29) is 19.4 Å². The molecule has 7 nitrogen and oxygen atoms in total. The summed E-state index contributed by atoms with van der Waals surface area (Å²) in [4.78, 5) is 37.7. The fourth-order valence-electron chi connectivity index (χ4n) is 3.29. The molecule has 0 radical (unpaired) electrons. The summed E-state index contributed by atoms with van der Waals surface area (Å²) in [5.74, 6) is -5.77. The van der Waals surface area contributed by atoms with E-state index in [1.807, 2.05) is 0 Å². The van der Waals surface area contributed by atoms with E-state index in [4.69, 9.17) is 0 Å². The average molecular weight is 463 g/mol. The lowest BCUT2D eigenvalue weighted by Gasteiger charge is -2.33. The van der Waals surface area contributed by atoms with Crippen LogP contribution in [-0.2, 0) is 14.4 Å². The molecule has 0 saturated carbocycles. The van der Waals surface area contributed by atoms with Crippen molar-refractivity contribution in [2.75, 3.05) is 6.54 Å². The minimum atomic E-state index is -5.21. The van der Waals surface area contributed by atoms with Gasteiger partial charge in [0.1, 0.15) is 12.1 Å². The van der Waals surface area contributed by atoms with Crippen molar-refractivity contribution in [2.45, 2.75) is 77.1 Å². The highest BCUT2D eigenvalue weighted by atomic mass is 19.4. The largest absolute Gasteiger partial charge is 0.471 e. The van der Waals surface area contributed by atoms with E-state index in [2.05, 4.69) is 5.32 Å². The maximum atomic E-state index is 12.9. The first-order valence-electron chi connectivity index (χ1n) is 9.71. The summed E-state index contributed by atoms with van der Waals surface area (Å²) in [6.45, 7) is 5.51. The van der Waals surface area contributed by atoms with Gasteiger partial charge in [0.15, 0.2) is 6.10 Å². The molecule has 1 heterocycles. The first kappa shape index (κ1) is 27.0. The van der Waals surface area contributed by atoms with Gasteiger partial charge in [0, 0.05) is 6.54 Å². The normalized spacial score (nSPS) is 20.5. The third kappa shape index (κ3) is 6.97. The van der Waals surface area contributed by atoms with Crippen molar-refractivity contribution in [3.8, 4) is 0 Å². The van der Waals surface area contributed by atoms with Crippen LogP contribution in [0.1, 0.15) is 40.5 Å². The molecule has 0 bridgehead atoms. The van der Waals surface area contributed by atoms with Crippen molar-refractivity contribution in [3.63, 3.8) is 0 Å². The fourth-order valence-corrected chi connectivity index (χ4v) is 3.29. The molecule has 0 aromatic carbocycles. The lowest BCUT2D eigenvalue weighted by molar-refractivity contribution is -0.215. The third-order valence-corrected chi connectivity index (χ3v) is 5.02. The maximum absolute atomic E-state index is 12.9. The van der Waals surface area contributed by atoms with Gasteiger partial charge in [-0.25, -0.2) is 0 Å². The van der Waals surface area contributed by atoms with Crippen molar-refractivity contribution in [2.24, 2.45) is 11.8 Å². The lowest BCUT2D eigenvalue weighted by Crippen LogP contribution is -2.59. The van der Waals surface area contributed by atoms with E-state index in [1.165, 1.54) is 27.7 Å². The Labute approximate surface area is 175 Å². The number of aliphatic hydroxyl groups is 1. The Bertz CT molecular complexity index is 666. The zero-order valence-electron chi connectivity index (χ0n) is 17.5. The van der Waals surface area contributed by atoms with Crippen LogP contribution in [0.2, 0.25) is 0 Å². The van der Waals surface area contributed by atoms with Crippen molar-refractivity contribution in [1.82, 2.24) is 15.5 Å². The lowest BCUT2D eigenvalue weighted by atomic mass is 9.97. The second kappa shape index (κ2) is 10.0. The summed E-state index contributed by atoms with van der Waals surface area (Å²) in [5, 5.41) is 13.3. The monoisotopic (exact) mass is 463 g/mol. The van der Waals surface area contributed by atoms with Crippen LogP contribution in [0.3, 0.4) is 0 Å². The SMILES string of the molecule is CC(C)C(NC(=O)[C@@H]1CCCN1C(=O)[C@@H](NC(=O)C(F)(F)F)C(C)C)C(O)C(F)(F)F. The summed E-state index contributed by atoms with van der Waals surface area (Å²) in [6, 6.07) is -4.50. The molecule has 1 fully saturated rings. The van der Waals surface area contributed by atoms with Crippen LogP contribution in [0, 0.1) is 11.8 Å². The minimum absolute atomic E-state index is 0.0177. The summed E-state index contributed by atoms with van der Waals surface area (Å²) < 4.78 is 76.5. The van der Waals surface area contributed by atoms with E-state index in [1.54, 1.807) is 5.32 Å². The number of amides is 3. The number of alkyl halides is 6. The third-order valence-electron chi connectivity index (χ3n) is 5.02. The summed E-state index contributed by atoms with van der Waals surface area (Å²) in [5.41, 5.74) is 0. The quantitative estimate of drug-likeness (QED) is 0.501. The molecular formula is C18H27F6N3O4. The van der Waals surface area contributed by atoms with Gasteiger partial charge in [-0.2, -0.15) is 26.3 Å². The van der Waals surface area contributed by atoms with Crippen LogP contribution in [0.4, 0.5) is 26.3 Å². The molecular weight excluding hydrogens is 436 g/mol. The minimum Gasteiger partial charge on any atom is -0.382 e. The van der Waals surface area contributed by atoms with E-state index in [0.717, 1.165) is 4.90 Å². The highest BCUT2D eigenvalue weighted by Gasteiger charge is 2.47. The van der Waals surface area contributed by atoms with E-state index in [9.17, 15) is 45.8 Å². The fraction of sp³-hybridized carbons (Fsp3) is 0.833. The summed E-state index contributed by atoms with van der Waals surface area (Å²) >= 11 is 0. The van der Waals surface area contributed by atoms with Crippen LogP contribution >= 0.6 is 0 Å². The first-order chi connectivity index (χ1) is 14.0. The zero-order chi connectivity index (χ0) is 24.3. The van der Waals surface area contributed by atoms with E-state index >= 15 is 0 Å². The topological polar surface area (TPSA) is 98.7 Å². The van der Waals surface area contributed by atoms with E-state index < -0.39 is 66.1 Å². The number of carbonyl (C=O) groups is 3. The highest BCUT2D eigenvalue weighted by Crippen LogP contribution is 2.27. The number of halogens is 6. The van der Waals surface area contributed by atoms with Crippen LogP contribution in [-0.4, -0.2) is 70.9 Å². The van der Waals surface area contributed by atoms with Gasteiger partial charge in [-0.1, -0.05) is 27.7 Å². The molecule has 0 aliphatic carbocycles. The van der Waals surface area contributed by atoms with Gasteiger partial charge in [-0.3, -0.25) is 14.4 Å². The van der Waals surface area contributed by atoms with Crippen LogP contribution < -0.4 is 10.6 Å². The molecule has 1 aliphatic heterocycles. The molecule has 1 rings (SSSR count). The van der Waals surface area contributed by atoms with Crippen molar-refractivity contribution in [3.05, 3.63) is 0 Å². The van der Waals surface area contributed by atoms with Gasteiger partial charge in [-0.15, -0.1) is 0 Å². The summed E-state index contributed by atoms with van der Waals surface area (Å²) in [6.07, 6.45) is -12.7. The van der Waals surface area contributed by atoms with Crippen molar-refractivity contribution >= 4 is 17.7 Å². The number of carbonyl (C=O) groups excluding carboxylic acids is 3. The van der Waals surface area contributed by atoms with Gasteiger partial charge in [-0.05, 0) is 24.7 Å². The number of likely N-dealkylation sites (tertiary alicyclic amines) is 1. The number of aliphatic hydroxyl groups excluding tert-OH is 1. The Morgan fingerprint density at radius 2 is 1.52 bits per heavy atom. The van der Waals surface area contributed by atoms with Gasteiger partial charge in [0.05, 0.1) is 6.04 Å². The van der Waals surface area contributed by atoms with Gasteiger partial charge in [0.2, 0.25) is 11.8 Å². The molecule has 3 amide bonds. The van der Waals surface area contributed by atoms with Crippen molar-refractivity contribution in [1.29, 1.82) is 0 Å². The Morgan fingerprint density at radius 3 is 1.94 bits per heavy atom. The molecule has 0 spiro atoms. The molecule has 31 heavy (non-hydrogen) atoms. The summed E-state index contributed by atoms with van der Waals surface area (Å²) in [7, 11) is 0.